The molecule has 0 bridgehead atoms. The molecular formula is C8H5Cl2FN2O3. The number of benzene rings is 1. The van der Waals surface area contributed by atoms with E-state index in [0.717, 1.165) is 18.2 Å². The summed E-state index contributed by atoms with van der Waals surface area (Å²) in [5, 5.41) is 12.6. The van der Waals surface area contributed by atoms with Gasteiger partial charge in [0.2, 0.25) is 0 Å². The number of carbonyl (C=O) groups excluding carboxylic acids is 1. The highest BCUT2D eigenvalue weighted by Crippen LogP contribution is 2.25. The Hall–Kier alpha value is -1.40. The highest BCUT2D eigenvalue weighted by molar-refractivity contribution is 6.54. The van der Waals surface area contributed by atoms with Crippen LogP contribution in [0.3, 0.4) is 0 Å². The molecule has 0 aliphatic rings. The van der Waals surface area contributed by atoms with Crippen LogP contribution in [0.1, 0.15) is 0 Å². The van der Waals surface area contributed by atoms with Crippen molar-refractivity contribution >= 4 is 40.5 Å². The molecule has 0 unspecified atom stereocenters. The van der Waals surface area contributed by atoms with Gasteiger partial charge in [0, 0.05) is 12.1 Å². The summed E-state index contributed by atoms with van der Waals surface area (Å²) < 4.78 is 12.8. The Bertz CT molecular complexity index is 439. The summed E-state index contributed by atoms with van der Waals surface area (Å²) in [5.41, 5.74) is -0.731. The average molecular weight is 267 g/mol. The fourth-order valence-electron chi connectivity index (χ4n) is 0.955. The normalized spacial score (nSPS) is 10.2. The molecule has 5 nitrogen and oxygen atoms in total. The van der Waals surface area contributed by atoms with Crippen LogP contribution in [0.2, 0.25) is 0 Å². The molecule has 0 fully saturated rings. The molecule has 8 heteroatoms. The Balaban J connectivity index is 3.06. The van der Waals surface area contributed by atoms with Gasteiger partial charge in [0.1, 0.15) is 11.5 Å². The topological polar surface area (TPSA) is 72.2 Å². The van der Waals surface area contributed by atoms with Crippen LogP contribution in [0.15, 0.2) is 18.2 Å². The summed E-state index contributed by atoms with van der Waals surface area (Å²) >= 11 is 10.5. The number of carbonyl (C=O) groups is 1. The van der Waals surface area contributed by atoms with Crippen molar-refractivity contribution in [1.29, 1.82) is 0 Å². The van der Waals surface area contributed by atoms with Crippen molar-refractivity contribution in [2.24, 2.45) is 0 Å². The second kappa shape index (κ2) is 5.09. The lowest BCUT2D eigenvalue weighted by Crippen LogP contribution is -2.19. The zero-order chi connectivity index (χ0) is 12.3. The van der Waals surface area contributed by atoms with E-state index in [1.54, 1.807) is 0 Å². The molecule has 0 spiro atoms. The van der Waals surface area contributed by atoms with E-state index < -0.39 is 27.2 Å². The first kappa shape index (κ1) is 12.7. The first-order valence-corrected chi connectivity index (χ1v) is 4.82. The molecule has 0 radical (unpaired) electrons. The van der Waals surface area contributed by atoms with Gasteiger partial charge in [-0.3, -0.25) is 14.9 Å². The minimum Gasteiger partial charge on any atom is -0.318 e. The highest BCUT2D eigenvalue weighted by atomic mass is 35.5. The molecule has 0 aliphatic heterocycles. The van der Waals surface area contributed by atoms with Crippen LogP contribution in [-0.2, 0) is 4.79 Å². The number of nitro groups is 1. The zero-order valence-corrected chi connectivity index (χ0v) is 9.13. The predicted octanol–water partition coefficient (Wildman–Crippen LogP) is 2.48. The molecule has 0 heterocycles. The number of alkyl halides is 2. The number of amides is 1. The molecule has 0 aliphatic carbocycles. The monoisotopic (exact) mass is 266 g/mol. The Kier molecular flexibility index (Phi) is 4.03. The number of nitrogens with zero attached hydrogens (tertiary/aromatic N) is 1. The van der Waals surface area contributed by atoms with Crippen molar-refractivity contribution in [1.82, 2.24) is 0 Å². The van der Waals surface area contributed by atoms with E-state index in [1.807, 2.05) is 5.32 Å². The van der Waals surface area contributed by atoms with Crippen LogP contribution in [0.4, 0.5) is 15.8 Å². The number of nitrogens with one attached hydrogen (secondary N) is 1. The minimum atomic E-state index is -1.39. The smallest absolute Gasteiger partial charge is 0.292 e. The number of halogens is 3. The van der Waals surface area contributed by atoms with E-state index in [4.69, 9.17) is 23.2 Å². The van der Waals surface area contributed by atoms with Crippen LogP contribution < -0.4 is 5.32 Å². The molecule has 0 aromatic heterocycles. The fraction of sp³-hybridized carbons (Fsp3) is 0.125. The third-order valence-corrected chi connectivity index (χ3v) is 2.01. The molecule has 1 N–H and O–H groups in total. The maximum atomic E-state index is 12.8. The SMILES string of the molecule is O=C(Nc1cc(F)ccc1[N+](=O)[O-])C(Cl)Cl. The predicted molar refractivity (Wildman–Crippen MR) is 57.2 cm³/mol. The standard InChI is InChI=1S/C8H5Cl2FN2O3/c9-7(10)8(14)12-5-3-4(11)1-2-6(5)13(15)16/h1-3,7H,(H,12,14). The second-order valence-electron chi connectivity index (χ2n) is 2.71. The molecular weight excluding hydrogens is 262 g/mol. The first-order valence-electron chi connectivity index (χ1n) is 3.95. The van der Waals surface area contributed by atoms with Gasteiger partial charge < -0.3 is 5.32 Å². The van der Waals surface area contributed by atoms with Gasteiger partial charge in [-0.05, 0) is 6.07 Å². The Morgan fingerprint density at radius 3 is 2.62 bits per heavy atom. The van der Waals surface area contributed by atoms with Crippen molar-refractivity contribution in [2.75, 3.05) is 5.32 Å². The van der Waals surface area contributed by atoms with Gasteiger partial charge in [0.25, 0.3) is 11.6 Å². The number of nitro benzene ring substituents is 1. The lowest BCUT2D eigenvalue weighted by molar-refractivity contribution is -0.384. The van der Waals surface area contributed by atoms with E-state index in [1.165, 1.54) is 0 Å². The molecule has 16 heavy (non-hydrogen) atoms. The lowest BCUT2D eigenvalue weighted by Gasteiger charge is -2.05. The third-order valence-electron chi connectivity index (χ3n) is 1.61. The van der Waals surface area contributed by atoms with Crippen molar-refractivity contribution in [3.63, 3.8) is 0 Å². The summed E-state index contributed by atoms with van der Waals surface area (Å²) in [7, 11) is 0. The van der Waals surface area contributed by atoms with Crippen LogP contribution in [0, 0.1) is 15.9 Å². The van der Waals surface area contributed by atoms with Crippen molar-refractivity contribution in [3.8, 4) is 0 Å². The second-order valence-corrected chi connectivity index (χ2v) is 3.80. The van der Waals surface area contributed by atoms with E-state index in [0.29, 0.717) is 0 Å². The van der Waals surface area contributed by atoms with Gasteiger partial charge in [0.15, 0.2) is 4.84 Å². The van der Waals surface area contributed by atoms with Crippen molar-refractivity contribution in [3.05, 3.63) is 34.1 Å². The van der Waals surface area contributed by atoms with Crippen LogP contribution in [0.5, 0.6) is 0 Å². The van der Waals surface area contributed by atoms with Crippen LogP contribution in [-0.4, -0.2) is 15.7 Å². The molecule has 0 atom stereocenters. The zero-order valence-electron chi connectivity index (χ0n) is 7.62. The quantitative estimate of drug-likeness (QED) is 0.519. The van der Waals surface area contributed by atoms with Gasteiger partial charge in [-0.2, -0.15) is 0 Å². The summed E-state index contributed by atoms with van der Waals surface area (Å²) in [6.45, 7) is 0. The van der Waals surface area contributed by atoms with E-state index in [9.17, 15) is 19.3 Å². The van der Waals surface area contributed by atoms with Crippen molar-refractivity contribution < 1.29 is 14.1 Å². The van der Waals surface area contributed by atoms with Crippen molar-refractivity contribution in [2.45, 2.75) is 4.84 Å². The Morgan fingerprint density at radius 2 is 2.12 bits per heavy atom. The Morgan fingerprint density at radius 1 is 1.50 bits per heavy atom. The number of hydrogen-bond acceptors (Lipinski definition) is 3. The molecule has 0 saturated heterocycles. The van der Waals surface area contributed by atoms with Gasteiger partial charge in [-0.1, -0.05) is 23.2 Å². The summed E-state index contributed by atoms with van der Waals surface area (Å²) in [6, 6.07) is 2.65. The maximum Gasteiger partial charge on any atom is 0.292 e. The summed E-state index contributed by atoms with van der Waals surface area (Å²) in [4.78, 5) is 19.5. The van der Waals surface area contributed by atoms with Crippen LogP contribution in [0.25, 0.3) is 0 Å². The number of hydrogen-bond donors (Lipinski definition) is 1. The molecule has 1 aromatic carbocycles. The lowest BCUT2D eigenvalue weighted by atomic mass is 10.2. The van der Waals surface area contributed by atoms with Gasteiger partial charge in [0.05, 0.1) is 4.92 Å². The van der Waals surface area contributed by atoms with Gasteiger partial charge >= 0.3 is 0 Å². The van der Waals surface area contributed by atoms with Crippen LogP contribution >= 0.6 is 23.2 Å². The van der Waals surface area contributed by atoms with Gasteiger partial charge in [-0.25, -0.2) is 4.39 Å². The molecule has 1 aromatic rings. The number of anilines is 1. The molecule has 1 rings (SSSR count). The molecule has 1 amide bonds. The summed E-state index contributed by atoms with van der Waals surface area (Å²) in [6.07, 6.45) is 0. The molecule has 0 saturated carbocycles. The van der Waals surface area contributed by atoms with E-state index >= 15 is 0 Å². The van der Waals surface area contributed by atoms with E-state index in [-0.39, 0.29) is 5.69 Å². The highest BCUT2D eigenvalue weighted by Gasteiger charge is 2.19. The largest absolute Gasteiger partial charge is 0.318 e. The fourth-order valence-corrected chi connectivity index (χ4v) is 1.06. The van der Waals surface area contributed by atoms with Gasteiger partial charge in [-0.15, -0.1) is 0 Å². The maximum absolute atomic E-state index is 12.8. The molecule has 86 valence electrons. The Labute approximate surface area is 99.3 Å². The average Bonchev–Trinajstić information content (AvgIpc) is 2.16. The minimum absolute atomic E-state index is 0.290. The van der Waals surface area contributed by atoms with E-state index in [2.05, 4.69) is 0 Å². The summed E-state index contributed by atoms with van der Waals surface area (Å²) in [5.74, 6) is -1.58. The first-order chi connectivity index (χ1) is 7.41. The number of rotatable bonds is 3. The third kappa shape index (κ3) is 3.04.